The molecule has 7 nitrogen and oxygen atoms in total. The Kier molecular flexibility index (Phi) is 5.77. The van der Waals surface area contributed by atoms with Crippen LogP contribution in [0.4, 0.5) is 4.39 Å². The maximum atomic E-state index is 13.5. The minimum Gasteiger partial charge on any atom is -0.324 e. The molecule has 1 fully saturated rings. The molecule has 3 aromatic heterocycles. The van der Waals surface area contributed by atoms with Crippen LogP contribution in [-0.4, -0.2) is 47.3 Å². The van der Waals surface area contributed by atoms with Gasteiger partial charge in [0.05, 0.1) is 29.6 Å². The van der Waals surface area contributed by atoms with E-state index in [1.807, 2.05) is 23.3 Å². The number of benzene rings is 1. The number of halogens is 1. The van der Waals surface area contributed by atoms with Gasteiger partial charge in [-0.15, -0.1) is 0 Å². The van der Waals surface area contributed by atoms with E-state index in [9.17, 15) is 4.39 Å². The number of aryl methyl sites for hydroxylation is 1. The van der Waals surface area contributed by atoms with Gasteiger partial charge in [-0.3, -0.25) is 9.58 Å². The molecule has 1 aliphatic rings. The first kappa shape index (κ1) is 20.5. The van der Waals surface area contributed by atoms with Crippen molar-refractivity contribution >= 4 is 0 Å². The zero-order valence-electron chi connectivity index (χ0n) is 18.1. The van der Waals surface area contributed by atoms with Gasteiger partial charge < -0.3 is 4.57 Å². The predicted molar refractivity (Wildman–Crippen MR) is 120 cm³/mol. The van der Waals surface area contributed by atoms with Crippen LogP contribution in [0, 0.1) is 5.82 Å². The van der Waals surface area contributed by atoms with Crippen molar-refractivity contribution in [1.82, 2.24) is 34.2 Å². The Morgan fingerprint density at radius 2 is 2.00 bits per heavy atom. The molecular weight excluding hydrogens is 405 g/mol. The monoisotopic (exact) mass is 431 g/mol. The predicted octanol–water partition coefficient (Wildman–Crippen LogP) is 4.20. The van der Waals surface area contributed by atoms with Gasteiger partial charge in [0.15, 0.2) is 0 Å². The molecule has 1 aromatic carbocycles. The van der Waals surface area contributed by atoms with Gasteiger partial charge in [0, 0.05) is 55.7 Å². The summed E-state index contributed by atoms with van der Waals surface area (Å²) >= 11 is 0. The van der Waals surface area contributed by atoms with Crippen molar-refractivity contribution in [3.05, 3.63) is 73.0 Å². The lowest BCUT2D eigenvalue weighted by Crippen LogP contribution is -2.21. The lowest BCUT2D eigenvalue weighted by molar-refractivity contribution is 0.316. The van der Waals surface area contributed by atoms with Crippen LogP contribution in [-0.2, 0) is 13.1 Å². The summed E-state index contributed by atoms with van der Waals surface area (Å²) in [4.78, 5) is 15.7. The van der Waals surface area contributed by atoms with Crippen molar-refractivity contribution in [2.75, 3.05) is 13.1 Å². The number of aromatic nitrogens is 6. The summed E-state index contributed by atoms with van der Waals surface area (Å²) in [6.07, 6.45) is 11.4. The molecule has 0 amide bonds. The number of rotatable bonds is 7. The molecule has 1 saturated heterocycles. The largest absolute Gasteiger partial charge is 0.324 e. The van der Waals surface area contributed by atoms with Gasteiger partial charge in [0.2, 0.25) is 0 Å². The van der Waals surface area contributed by atoms with Gasteiger partial charge in [-0.05, 0) is 43.2 Å². The fourth-order valence-corrected chi connectivity index (χ4v) is 4.42. The highest BCUT2D eigenvalue weighted by molar-refractivity contribution is 5.76. The fraction of sp³-hybridized carbons (Fsp3) is 0.333. The van der Waals surface area contributed by atoms with Gasteiger partial charge in [0.25, 0.3) is 0 Å². The van der Waals surface area contributed by atoms with Crippen LogP contribution >= 0.6 is 0 Å². The van der Waals surface area contributed by atoms with E-state index in [1.165, 1.54) is 17.7 Å². The molecule has 1 unspecified atom stereocenters. The molecule has 4 aromatic rings. The summed E-state index contributed by atoms with van der Waals surface area (Å²) in [7, 11) is 0. The minimum absolute atomic E-state index is 0.259. The molecule has 8 heteroatoms. The van der Waals surface area contributed by atoms with E-state index >= 15 is 0 Å². The van der Waals surface area contributed by atoms with Crippen LogP contribution in [0.3, 0.4) is 0 Å². The summed E-state index contributed by atoms with van der Waals surface area (Å²) in [5.74, 6) is -0.259. The van der Waals surface area contributed by atoms with E-state index in [-0.39, 0.29) is 11.9 Å². The second kappa shape index (κ2) is 9.00. The molecule has 4 heterocycles. The molecular formula is C24H26FN7. The van der Waals surface area contributed by atoms with Gasteiger partial charge in [0.1, 0.15) is 12.1 Å². The number of hydrogen-bond acceptors (Lipinski definition) is 5. The van der Waals surface area contributed by atoms with Crippen LogP contribution in [0.15, 0.2) is 61.6 Å². The highest BCUT2D eigenvalue weighted by atomic mass is 19.1. The average Bonchev–Trinajstić information content (AvgIpc) is 3.55. The summed E-state index contributed by atoms with van der Waals surface area (Å²) in [5.41, 5.74) is 4.69. The normalized spacial score (nSPS) is 16.6. The zero-order valence-corrected chi connectivity index (χ0v) is 18.1. The second-order valence-corrected chi connectivity index (χ2v) is 8.24. The van der Waals surface area contributed by atoms with E-state index in [2.05, 4.69) is 37.7 Å². The summed E-state index contributed by atoms with van der Waals surface area (Å²) < 4.78 is 17.7. The van der Waals surface area contributed by atoms with Crippen molar-refractivity contribution in [2.45, 2.75) is 38.9 Å². The van der Waals surface area contributed by atoms with Crippen LogP contribution in [0.2, 0.25) is 0 Å². The number of imidazole rings is 1. The Labute approximate surface area is 186 Å². The van der Waals surface area contributed by atoms with E-state index in [0.717, 1.165) is 61.7 Å². The molecule has 1 aliphatic heterocycles. The Morgan fingerprint density at radius 1 is 1.12 bits per heavy atom. The highest BCUT2D eigenvalue weighted by Crippen LogP contribution is 2.35. The van der Waals surface area contributed by atoms with Crippen LogP contribution < -0.4 is 0 Å². The maximum Gasteiger partial charge on any atom is 0.123 e. The van der Waals surface area contributed by atoms with Crippen molar-refractivity contribution in [1.29, 1.82) is 0 Å². The molecule has 32 heavy (non-hydrogen) atoms. The standard InChI is InChI=1S/C24H26FN7/c1-2-10-31-14-18(12-29-31)13-30-11-8-21(15-30)32-17-28-23(19-3-5-20(25)6-4-19)24(32)22-7-9-26-16-27-22/h3-7,9,12,14,16-17,21H,2,8,10-11,13,15H2,1H3. The van der Waals surface area contributed by atoms with Crippen molar-refractivity contribution in [3.63, 3.8) is 0 Å². The first-order valence-corrected chi connectivity index (χ1v) is 11.0. The quantitative estimate of drug-likeness (QED) is 0.439. The molecule has 1 atom stereocenters. The Morgan fingerprint density at radius 3 is 2.78 bits per heavy atom. The molecule has 0 N–H and O–H groups in total. The fourth-order valence-electron chi connectivity index (χ4n) is 4.42. The third-order valence-electron chi connectivity index (χ3n) is 5.92. The van der Waals surface area contributed by atoms with Crippen LogP contribution in [0.25, 0.3) is 22.6 Å². The SMILES string of the molecule is CCCn1cc(CN2CCC(n3cnc(-c4ccc(F)cc4)c3-c3ccncn3)C2)cn1. The molecule has 5 rings (SSSR count). The molecule has 0 radical (unpaired) electrons. The molecule has 164 valence electrons. The maximum absolute atomic E-state index is 13.5. The van der Waals surface area contributed by atoms with Crippen molar-refractivity contribution in [2.24, 2.45) is 0 Å². The lowest BCUT2D eigenvalue weighted by Gasteiger charge is -2.18. The molecule has 0 aliphatic carbocycles. The third kappa shape index (κ3) is 4.18. The average molecular weight is 432 g/mol. The molecule has 0 saturated carbocycles. The van der Waals surface area contributed by atoms with E-state index in [1.54, 1.807) is 24.7 Å². The van der Waals surface area contributed by atoms with E-state index in [4.69, 9.17) is 4.98 Å². The number of hydrogen-bond donors (Lipinski definition) is 0. The zero-order chi connectivity index (χ0) is 21.9. The minimum atomic E-state index is -0.259. The van der Waals surface area contributed by atoms with Crippen molar-refractivity contribution < 1.29 is 4.39 Å². The van der Waals surface area contributed by atoms with E-state index in [0.29, 0.717) is 0 Å². The second-order valence-electron chi connectivity index (χ2n) is 8.24. The summed E-state index contributed by atoms with van der Waals surface area (Å²) in [6.45, 7) is 5.94. The van der Waals surface area contributed by atoms with Crippen molar-refractivity contribution in [3.8, 4) is 22.6 Å². The van der Waals surface area contributed by atoms with Gasteiger partial charge in [-0.2, -0.15) is 5.10 Å². The molecule has 0 spiro atoms. The van der Waals surface area contributed by atoms with E-state index < -0.39 is 0 Å². The summed E-state index contributed by atoms with van der Waals surface area (Å²) in [6, 6.07) is 8.65. The lowest BCUT2D eigenvalue weighted by atomic mass is 10.1. The van der Waals surface area contributed by atoms with Crippen LogP contribution in [0.1, 0.15) is 31.4 Å². The third-order valence-corrected chi connectivity index (χ3v) is 5.92. The highest BCUT2D eigenvalue weighted by Gasteiger charge is 2.28. The first-order chi connectivity index (χ1) is 15.7. The first-order valence-electron chi connectivity index (χ1n) is 11.0. The number of nitrogens with zero attached hydrogens (tertiary/aromatic N) is 7. The summed E-state index contributed by atoms with van der Waals surface area (Å²) in [5, 5.41) is 4.46. The van der Waals surface area contributed by atoms with Gasteiger partial charge >= 0.3 is 0 Å². The topological polar surface area (TPSA) is 64.7 Å². The van der Waals surface area contributed by atoms with Gasteiger partial charge in [-0.25, -0.2) is 19.3 Å². The molecule has 0 bridgehead atoms. The Bertz CT molecular complexity index is 1170. The Balaban J connectivity index is 1.41. The van der Waals surface area contributed by atoms with Crippen LogP contribution in [0.5, 0.6) is 0 Å². The smallest absolute Gasteiger partial charge is 0.123 e. The van der Waals surface area contributed by atoms with Gasteiger partial charge in [-0.1, -0.05) is 6.92 Å². The Hall–Kier alpha value is -3.39. The number of likely N-dealkylation sites (tertiary alicyclic amines) is 1.